The molecule has 1 aliphatic carbocycles. The summed E-state index contributed by atoms with van der Waals surface area (Å²) in [6.07, 6.45) is 3.21. The lowest BCUT2D eigenvalue weighted by atomic mass is 9.94. The van der Waals surface area contributed by atoms with E-state index in [1.165, 1.54) is 32.4 Å². The largest absolute Gasteiger partial charge is 0.497 e. The third-order valence-corrected chi connectivity index (χ3v) is 10.1. The highest BCUT2D eigenvalue weighted by Gasteiger charge is 2.41. The van der Waals surface area contributed by atoms with Gasteiger partial charge in [0.1, 0.15) is 23.8 Å². The van der Waals surface area contributed by atoms with E-state index in [2.05, 4.69) is 20.6 Å². The Balaban J connectivity index is 1.35. The van der Waals surface area contributed by atoms with Gasteiger partial charge in [-0.1, -0.05) is 36.6 Å². The molecule has 2 aromatic carbocycles. The lowest BCUT2D eigenvalue weighted by Gasteiger charge is -2.26. The molecule has 0 radical (unpaired) electrons. The van der Waals surface area contributed by atoms with Gasteiger partial charge in [0.15, 0.2) is 0 Å². The number of halogens is 3. The van der Waals surface area contributed by atoms with E-state index in [0.29, 0.717) is 24.0 Å². The molecule has 3 N–H and O–H groups in total. The van der Waals surface area contributed by atoms with Crippen LogP contribution in [0, 0.1) is 5.82 Å². The first-order chi connectivity index (χ1) is 20.5. The Hall–Kier alpha value is -3.39. The number of nitrogens with zero attached hydrogens (tertiary/aromatic N) is 3. The Labute approximate surface area is 253 Å². The molecule has 5 rings (SSSR count). The van der Waals surface area contributed by atoms with E-state index < -0.39 is 52.7 Å². The number of aliphatic hydroxyl groups excluding tert-OH is 1. The molecule has 4 atom stereocenters. The van der Waals surface area contributed by atoms with Crippen LogP contribution in [0.4, 0.5) is 14.7 Å². The molecule has 1 aromatic heterocycles. The minimum absolute atomic E-state index is 0.00137. The topological polar surface area (TPSA) is 134 Å². The standard InChI is InChI=1S/C29H32ClF2N5O5S/c1-16(28(39)34-25(15-38)19-9-20(31)12-21(10-19)42-2)37-14-18-8-7-17(11-26(18)43(37,40)41)27-22(30)13-33-29(36-27)35-24-6-4-3-5-23(24)32/h7-13,16,23-25,38H,3-6,14-15H2,1-2H3,(H,34,39)(H,33,35,36)/t16-,23-,24+,25-/m1/s1. The van der Waals surface area contributed by atoms with Crippen molar-refractivity contribution in [1.82, 2.24) is 19.6 Å². The molecule has 43 heavy (non-hydrogen) atoms. The number of nitrogens with one attached hydrogen (secondary N) is 2. The van der Waals surface area contributed by atoms with Crippen LogP contribution >= 0.6 is 11.6 Å². The summed E-state index contributed by atoms with van der Waals surface area (Å²) in [5, 5.41) is 15.7. The van der Waals surface area contributed by atoms with Gasteiger partial charge in [-0.15, -0.1) is 0 Å². The van der Waals surface area contributed by atoms with Crippen LogP contribution in [-0.4, -0.2) is 65.7 Å². The van der Waals surface area contributed by atoms with Gasteiger partial charge in [0.05, 0.1) is 47.6 Å². The third-order valence-electron chi connectivity index (χ3n) is 7.84. The van der Waals surface area contributed by atoms with Crippen LogP contribution in [0.15, 0.2) is 47.5 Å². The lowest BCUT2D eigenvalue weighted by Crippen LogP contribution is -2.46. The molecule has 0 spiro atoms. The van der Waals surface area contributed by atoms with Crippen molar-refractivity contribution in [2.24, 2.45) is 0 Å². The highest BCUT2D eigenvalue weighted by atomic mass is 35.5. The summed E-state index contributed by atoms with van der Waals surface area (Å²) < 4.78 is 61.8. The fourth-order valence-electron chi connectivity index (χ4n) is 5.41. The van der Waals surface area contributed by atoms with Gasteiger partial charge < -0.3 is 20.5 Å². The van der Waals surface area contributed by atoms with Crippen LogP contribution in [0.2, 0.25) is 5.02 Å². The molecular formula is C29H32ClF2N5O5S. The number of alkyl halides is 1. The maximum atomic E-state index is 14.4. The van der Waals surface area contributed by atoms with Gasteiger partial charge in [-0.25, -0.2) is 27.2 Å². The first kappa shape index (κ1) is 31.0. The van der Waals surface area contributed by atoms with Crippen LogP contribution in [0.5, 0.6) is 5.75 Å². The van der Waals surface area contributed by atoms with Gasteiger partial charge >= 0.3 is 0 Å². The molecule has 1 aliphatic heterocycles. The predicted octanol–water partition coefficient (Wildman–Crippen LogP) is 4.38. The van der Waals surface area contributed by atoms with Crippen LogP contribution in [0.25, 0.3) is 11.3 Å². The predicted molar refractivity (Wildman–Crippen MR) is 156 cm³/mol. The van der Waals surface area contributed by atoms with Crippen molar-refractivity contribution in [2.45, 2.75) is 68.3 Å². The van der Waals surface area contributed by atoms with Crippen molar-refractivity contribution >= 4 is 33.5 Å². The Morgan fingerprint density at radius 3 is 2.72 bits per heavy atom. The summed E-state index contributed by atoms with van der Waals surface area (Å²) in [6, 6.07) is 5.97. The molecule has 1 fully saturated rings. The molecule has 0 bridgehead atoms. The van der Waals surface area contributed by atoms with Gasteiger partial charge in [-0.2, -0.15) is 4.31 Å². The Kier molecular flexibility index (Phi) is 9.16. The number of benzene rings is 2. The molecule has 0 saturated heterocycles. The van der Waals surface area contributed by atoms with E-state index in [0.717, 1.165) is 29.3 Å². The zero-order valence-electron chi connectivity index (χ0n) is 23.6. The number of ether oxygens (including phenoxy) is 1. The summed E-state index contributed by atoms with van der Waals surface area (Å²) in [5.41, 5.74) is 1.43. The summed E-state index contributed by atoms with van der Waals surface area (Å²) in [4.78, 5) is 21.8. The maximum absolute atomic E-state index is 14.4. The molecule has 14 heteroatoms. The molecule has 10 nitrogen and oxygen atoms in total. The van der Waals surface area contributed by atoms with Crippen molar-refractivity contribution in [3.05, 3.63) is 64.6 Å². The molecule has 2 heterocycles. The summed E-state index contributed by atoms with van der Waals surface area (Å²) in [7, 11) is -2.76. The van der Waals surface area contributed by atoms with Crippen molar-refractivity contribution in [3.63, 3.8) is 0 Å². The van der Waals surface area contributed by atoms with E-state index in [1.54, 1.807) is 12.1 Å². The highest BCUT2D eigenvalue weighted by molar-refractivity contribution is 7.89. The number of hydrogen-bond donors (Lipinski definition) is 3. The Morgan fingerprint density at radius 1 is 1.23 bits per heavy atom. The number of aliphatic hydroxyl groups is 1. The van der Waals surface area contributed by atoms with E-state index in [1.807, 2.05) is 0 Å². The molecule has 2 aliphatic rings. The van der Waals surface area contributed by atoms with Gasteiger partial charge in [-0.3, -0.25) is 4.79 Å². The van der Waals surface area contributed by atoms with Crippen LogP contribution in [0.1, 0.15) is 49.8 Å². The summed E-state index contributed by atoms with van der Waals surface area (Å²) in [5.74, 6) is -0.895. The van der Waals surface area contributed by atoms with Gasteiger partial charge in [0.2, 0.25) is 21.9 Å². The zero-order chi connectivity index (χ0) is 30.9. The highest BCUT2D eigenvalue weighted by Crippen LogP contribution is 2.37. The average Bonchev–Trinajstić information content (AvgIpc) is 3.26. The smallest absolute Gasteiger partial charge is 0.244 e. The van der Waals surface area contributed by atoms with Crippen molar-refractivity contribution in [3.8, 4) is 17.0 Å². The fraction of sp³-hybridized carbons (Fsp3) is 0.414. The number of anilines is 1. The third kappa shape index (κ3) is 6.44. The number of aromatic nitrogens is 2. The quantitative estimate of drug-likeness (QED) is 0.316. The van der Waals surface area contributed by atoms with E-state index >= 15 is 0 Å². The second kappa shape index (κ2) is 12.7. The number of fused-ring (bicyclic) bond motifs is 1. The second-order valence-corrected chi connectivity index (χ2v) is 12.9. The van der Waals surface area contributed by atoms with Crippen LogP contribution < -0.4 is 15.4 Å². The Bertz CT molecular complexity index is 1630. The number of amides is 1. The normalized spacial score (nSPS) is 21.1. The number of rotatable bonds is 9. The summed E-state index contributed by atoms with van der Waals surface area (Å²) >= 11 is 6.39. The minimum Gasteiger partial charge on any atom is -0.497 e. The molecule has 3 aromatic rings. The first-order valence-corrected chi connectivity index (χ1v) is 15.7. The average molecular weight is 636 g/mol. The molecule has 230 valence electrons. The zero-order valence-corrected chi connectivity index (χ0v) is 25.1. The summed E-state index contributed by atoms with van der Waals surface area (Å²) in [6.45, 7) is 0.821. The number of carbonyl (C=O) groups is 1. The Morgan fingerprint density at radius 2 is 2.00 bits per heavy atom. The number of sulfonamides is 1. The minimum atomic E-state index is -4.12. The van der Waals surface area contributed by atoms with Gasteiger partial charge in [0.25, 0.3) is 0 Å². The fourth-order valence-corrected chi connectivity index (χ4v) is 7.42. The second-order valence-electron chi connectivity index (χ2n) is 10.7. The molecule has 1 amide bonds. The molecule has 0 unspecified atom stereocenters. The maximum Gasteiger partial charge on any atom is 0.244 e. The number of hydrogen-bond acceptors (Lipinski definition) is 8. The number of carbonyl (C=O) groups excluding carboxylic acids is 1. The van der Waals surface area contributed by atoms with Crippen molar-refractivity contribution < 1.29 is 31.8 Å². The van der Waals surface area contributed by atoms with Gasteiger partial charge in [-0.05, 0) is 49.1 Å². The number of methoxy groups -OCH3 is 1. The van der Waals surface area contributed by atoms with E-state index in [4.69, 9.17) is 16.3 Å². The van der Waals surface area contributed by atoms with Crippen molar-refractivity contribution in [1.29, 1.82) is 0 Å². The van der Waals surface area contributed by atoms with Crippen molar-refractivity contribution in [2.75, 3.05) is 19.0 Å². The monoisotopic (exact) mass is 635 g/mol. The van der Waals surface area contributed by atoms with Crippen LogP contribution in [0.3, 0.4) is 0 Å². The molecular weight excluding hydrogens is 604 g/mol. The van der Waals surface area contributed by atoms with E-state index in [-0.39, 0.29) is 39.4 Å². The van der Waals surface area contributed by atoms with Crippen LogP contribution in [-0.2, 0) is 21.4 Å². The lowest BCUT2D eigenvalue weighted by molar-refractivity contribution is -0.125. The SMILES string of the molecule is COc1cc(F)cc([C@@H](CO)NC(=O)[C@@H](C)N2Cc3ccc(-c4nc(N[C@H]5CCCC[C@H]5F)ncc4Cl)cc3S2(=O)=O)c1. The van der Waals surface area contributed by atoms with E-state index in [9.17, 15) is 27.1 Å². The first-order valence-electron chi connectivity index (χ1n) is 13.9. The molecule has 1 saturated carbocycles. The van der Waals surface area contributed by atoms with Gasteiger partial charge in [0, 0.05) is 18.2 Å².